The van der Waals surface area contributed by atoms with Gasteiger partial charge in [0.2, 0.25) is 0 Å². The molecule has 1 aromatic carbocycles. The maximum absolute atomic E-state index is 6.02. The molecule has 0 spiro atoms. The van der Waals surface area contributed by atoms with Crippen molar-refractivity contribution in [3.8, 4) is 11.8 Å². The first-order valence-corrected chi connectivity index (χ1v) is 5.53. The largest absolute Gasteiger partial charge is 0.302 e. The fraction of sp³-hybridized carbons (Fsp3) is 0.273. The van der Waals surface area contributed by atoms with Crippen LogP contribution in [0.25, 0.3) is 0 Å². The fourth-order valence-electron chi connectivity index (χ4n) is 1.07. The van der Waals surface area contributed by atoms with Gasteiger partial charge in [-0.15, -0.1) is 5.92 Å². The van der Waals surface area contributed by atoms with Crippen molar-refractivity contribution >= 4 is 34.8 Å². The van der Waals surface area contributed by atoms with E-state index in [1.54, 1.807) is 19.1 Å². The molecule has 1 nitrogen and oxygen atoms in total. The third kappa shape index (κ3) is 3.59. The Kier molecular flexibility index (Phi) is 5.28. The zero-order chi connectivity index (χ0) is 11.3. The first-order valence-electron chi connectivity index (χ1n) is 4.39. The van der Waals surface area contributed by atoms with Crippen LogP contribution in [0, 0.1) is 11.8 Å². The Morgan fingerprint density at radius 1 is 1.20 bits per heavy atom. The molecule has 0 unspecified atom stereocenters. The molecule has 4 heteroatoms. The SMILES string of the molecule is CC#CCNCc1c(Cl)ccc(Cl)c1Cl. The summed E-state index contributed by atoms with van der Waals surface area (Å²) >= 11 is 17.9. The van der Waals surface area contributed by atoms with Crippen LogP contribution in [-0.4, -0.2) is 6.54 Å². The minimum Gasteiger partial charge on any atom is -0.302 e. The Morgan fingerprint density at radius 2 is 1.87 bits per heavy atom. The second kappa shape index (κ2) is 6.25. The van der Waals surface area contributed by atoms with Crippen molar-refractivity contribution in [1.82, 2.24) is 5.32 Å². The molecule has 0 aliphatic heterocycles. The van der Waals surface area contributed by atoms with Crippen molar-refractivity contribution < 1.29 is 0 Å². The van der Waals surface area contributed by atoms with Crippen molar-refractivity contribution in [2.24, 2.45) is 0 Å². The van der Waals surface area contributed by atoms with Crippen LogP contribution in [0.4, 0.5) is 0 Å². The second-order valence-electron chi connectivity index (χ2n) is 2.85. The molecular formula is C11H10Cl3N. The van der Waals surface area contributed by atoms with E-state index in [9.17, 15) is 0 Å². The monoisotopic (exact) mass is 261 g/mol. The topological polar surface area (TPSA) is 12.0 Å². The van der Waals surface area contributed by atoms with Gasteiger partial charge in [-0.1, -0.05) is 40.7 Å². The number of hydrogen-bond acceptors (Lipinski definition) is 1. The van der Waals surface area contributed by atoms with E-state index in [1.807, 2.05) is 0 Å². The predicted octanol–water partition coefficient (Wildman–Crippen LogP) is 3.76. The summed E-state index contributed by atoms with van der Waals surface area (Å²) in [6, 6.07) is 3.42. The normalized spacial score (nSPS) is 9.60. The number of rotatable bonds is 3. The molecule has 1 N–H and O–H groups in total. The van der Waals surface area contributed by atoms with Crippen LogP contribution in [-0.2, 0) is 6.54 Å². The number of halogens is 3. The van der Waals surface area contributed by atoms with E-state index >= 15 is 0 Å². The van der Waals surface area contributed by atoms with E-state index in [-0.39, 0.29) is 0 Å². The van der Waals surface area contributed by atoms with Gasteiger partial charge in [0.25, 0.3) is 0 Å². The molecule has 0 saturated carbocycles. The van der Waals surface area contributed by atoms with Crippen molar-refractivity contribution in [3.05, 3.63) is 32.8 Å². The molecule has 0 aliphatic rings. The molecule has 0 heterocycles. The van der Waals surface area contributed by atoms with Crippen LogP contribution in [0.1, 0.15) is 12.5 Å². The zero-order valence-corrected chi connectivity index (χ0v) is 10.5. The smallest absolute Gasteiger partial charge is 0.0652 e. The highest BCUT2D eigenvalue weighted by molar-refractivity contribution is 6.44. The van der Waals surface area contributed by atoms with Gasteiger partial charge < -0.3 is 5.32 Å². The van der Waals surface area contributed by atoms with Gasteiger partial charge >= 0.3 is 0 Å². The van der Waals surface area contributed by atoms with Gasteiger partial charge in [-0.25, -0.2) is 0 Å². The molecule has 0 radical (unpaired) electrons. The van der Waals surface area contributed by atoms with Gasteiger partial charge in [-0.2, -0.15) is 0 Å². The zero-order valence-electron chi connectivity index (χ0n) is 8.20. The fourth-order valence-corrected chi connectivity index (χ4v) is 1.75. The van der Waals surface area contributed by atoms with Crippen molar-refractivity contribution in [3.63, 3.8) is 0 Å². The number of hydrogen-bond donors (Lipinski definition) is 1. The Balaban J connectivity index is 2.74. The molecule has 0 amide bonds. The lowest BCUT2D eigenvalue weighted by atomic mass is 10.2. The highest BCUT2D eigenvalue weighted by Gasteiger charge is 2.08. The van der Waals surface area contributed by atoms with E-state index in [0.29, 0.717) is 28.2 Å². The van der Waals surface area contributed by atoms with Crippen LogP contribution < -0.4 is 5.32 Å². The molecule has 0 fully saturated rings. The lowest BCUT2D eigenvalue weighted by molar-refractivity contribution is 0.770. The van der Waals surface area contributed by atoms with Crippen molar-refractivity contribution in [2.75, 3.05) is 6.54 Å². The lowest BCUT2D eigenvalue weighted by Gasteiger charge is -2.08. The van der Waals surface area contributed by atoms with Gasteiger partial charge in [0.05, 0.1) is 16.6 Å². The van der Waals surface area contributed by atoms with Gasteiger partial charge in [-0.3, -0.25) is 0 Å². The summed E-state index contributed by atoms with van der Waals surface area (Å²) in [6.45, 7) is 2.96. The van der Waals surface area contributed by atoms with Gasteiger partial charge in [-0.05, 0) is 19.1 Å². The van der Waals surface area contributed by atoms with Crippen LogP contribution in [0.5, 0.6) is 0 Å². The molecule has 15 heavy (non-hydrogen) atoms. The first-order chi connectivity index (χ1) is 7.16. The molecule has 0 atom stereocenters. The summed E-state index contributed by atoms with van der Waals surface area (Å²) in [4.78, 5) is 0. The van der Waals surface area contributed by atoms with E-state index in [4.69, 9.17) is 34.8 Å². The molecule has 1 aromatic rings. The quantitative estimate of drug-likeness (QED) is 0.497. The van der Waals surface area contributed by atoms with Crippen LogP contribution in [0.2, 0.25) is 15.1 Å². The van der Waals surface area contributed by atoms with Gasteiger partial charge in [0.1, 0.15) is 0 Å². The maximum Gasteiger partial charge on any atom is 0.0652 e. The summed E-state index contributed by atoms with van der Waals surface area (Å²) in [5, 5.41) is 4.74. The average Bonchev–Trinajstić information content (AvgIpc) is 2.23. The first kappa shape index (κ1) is 12.7. The number of benzene rings is 1. The minimum absolute atomic E-state index is 0.501. The third-order valence-corrected chi connectivity index (χ3v) is 3.03. The third-order valence-electron chi connectivity index (χ3n) is 1.83. The highest BCUT2D eigenvalue weighted by Crippen LogP contribution is 2.31. The number of nitrogens with one attached hydrogen (secondary N) is 1. The van der Waals surface area contributed by atoms with E-state index in [0.717, 1.165) is 5.56 Å². The Labute approximate surface area is 105 Å². The van der Waals surface area contributed by atoms with E-state index in [2.05, 4.69) is 17.2 Å². The maximum atomic E-state index is 6.02. The van der Waals surface area contributed by atoms with E-state index in [1.165, 1.54) is 0 Å². The molecule has 0 bridgehead atoms. The summed E-state index contributed by atoms with van der Waals surface area (Å²) in [5.41, 5.74) is 0.809. The van der Waals surface area contributed by atoms with E-state index < -0.39 is 0 Å². The van der Waals surface area contributed by atoms with Crippen molar-refractivity contribution in [2.45, 2.75) is 13.5 Å². The Bertz CT molecular complexity index is 404. The molecule has 0 saturated heterocycles. The Hall–Kier alpha value is -0.390. The average molecular weight is 263 g/mol. The van der Waals surface area contributed by atoms with Gasteiger partial charge in [0.15, 0.2) is 0 Å². The highest BCUT2D eigenvalue weighted by atomic mass is 35.5. The molecule has 0 aromatic heterocycles. The standard InChI is InChI=1S/C11H10Cl3N/c1-2-3-6-15-7-8-9(12)4-5-10(13)11(8)14/h4-5,15H,6-7H2,1H3. The summed E-state index contributed by atoms with van der Waals surface area (Å²) in [5.74, 6) is 5.68. The molecular weight excluding hydrogens is 252 g/mol. The second-order valence-corrected chi connectivity index (χ2v) is 4.04. The molecule has 1 rings (SSSR count). The minimum atomic E-state index is 0.501. The van der Waals surface area contributed by atoms with Crippen molar-refractivity contribution in [1.29, 1.82) is 0 Å². The van der Waals surface area contributed by atoms with Crippen LogP contribution in [0.15, 0.2) is 12.1 Å². The lowest BCUT2D eigenvalue weighted by Crippen LogP contribution is -2.13. The van der Waals surface area contributed by atoms with Crippen LogP contribution >= 0.6 is 34.8 Å². The van der Waals surface area contributed by atoms with Gasteiger partial charge in [0, 0.05) is 17.1 Å². The summed E-state index contributed by atoms with van der Waals surface area (Å²) in [6.07, 6.45) is 0. The molecule has 80 valence electrons. The molecule has 0 aliphatic carbocycles. The Morgan fingerprint density at radius 3 is 2.53 bits per heavy atom. The predicted molar refractivity (Wildman–Crippen MR) is 66.6 cm³/mol. The summed E-state index contributed by atoms with van der Waals surface area (Å²) < 4.78 is 0. The summed E-state index contributed by atoms with van der Waals surface area (Å²) in [7, 11) is 0. The van der Waals surface area contributed by atoms with Crippen LogP contribution in [0.3, 0.4) is 0 Å².